The molecule has 110 valence electrons. The van der Waals surface area contributed by atoms with E-state index < -0.39 is 16.2 Å². The second-order valence-electron chi connectivity index (χ2n) is 4.93. The van der Waals surface area contributed by atoms with E-state index in [1.54, 1.807) is 13.8 Å². The lowest BCUT2D eigenvalue weighted by Gasteiger charge is -2.19. The van der Waals surface area contributed by atoms with Gasteiger partial charge in [-0.3, -0.25) is 4.72 Å². The average Bonchev–Trinajstić information content (AvgIpc) is 2.89. The fourth-order valence-electron chi connectivity index (χ4n) is 2.29. The molecule has 1 saturated heterocycles. The van der Waals surface area contributed by atoms with Crippen LogP contribution in [0.3, 0.4) is 0 Å². The van der Waals surface area contributed by atoms with E-state index in [1.165, 1.54) is 16.4 Å². The Bertz CT molecular complexity index is 634. The van der Waals surface area contributed by atoms with Crippen molar-refractivity contribution in [3.05, 3.63) is 28.8 Å². The van der Waals surface area contributed by atoms with E-state index in [0.29, 0.717) is 29.9 Å². The van der Waals surface area contributed by atoms with Crippen molar-refractivity contribution in [2.24, 2.45) is 0 Å². The molecule has 0 bridgehead atoms. The van der Waals surface area contributed by atoms with Crippen molar-refractivity contribution in [1.29, 1.82) is 0 Å². The highest BCUT2D eigenvalue weighted by Gasteiger charge is 2.26. The summed E-state index contributed by atoms with van der Waals surface area (Å²) in [5.41, 5.74) is 1.82. The van der Waals surface area contributed by atoms with E-state index in [1.807, 2.05) is 0 Å². The van der Waals surface area contributed by atoms with Crippen LogP contribution in [-0.2, 0) is 10.2 Å². The summed E-state index contributed by atoms with van der Waals surface area (Å²) in [6.07, 6.45) is 1.74. The molecule has 0 amide bonds. The zero-order valence-electron chi connectivity index (χ0n) is 11.5. The predicted octanol–water partition coefficient (Wildman–Crippen LogP) is 1.75. The number of carboxylic acid groups (broad SMARTS) is 1. The molecular formula is C13H18N2O4S. The Balaban J connectivity index is 2.30. The lowest BCUT2D eigenvalue weighted by Crippen LogP contribution is -2.33. The van der Waals surface area contributed by atoms with Gasteiger partial charge in [0, 0.05) is 13.1 Å². The number of carbonyl (C=O) groups is 1. The van der Waals surface area contributed by atoms with Crippen LogP contribution in [0.25, 0.3) is 0 Å². The van der Waals surface area contributed by atoms with Gasteiger partial charge in [0.2, 0.25) is 0 Å². The van der Waals surface area contributed by atoms with Gasteiger partial charge < -0.3 is 5.11 Å². The van der Waals surface area contributed by atoms with Crippen molar-refractivity contribution in [2.75, 3.05) is 17.8 Å². The maximum Gasteiger partial charge on any atom is 0.335 e. The second-order valence-corrected chi connectivity index (χ2v) is 6.60. The van der Waals surface area contributed by atoms with Gasteiger partial charge in [-0.1, -0.05) is 0 Å². The van der Waals surface area contributed by atoms with E-state index >= 15 is 0 Å². The molecule has 20 heavy (non-hydrogen) atoms. The van der Waals surface area contributed by atoms with Crippen molar-refractivity contribution in [3.63, 3.8) is 0 Å². The molecule has 0 unspecified atom stereocenters. The maximum absolute atomic E-state index is 12.2. The number of nitrogens with zero attached hydrogens (tertiary/aromatic N) is 1. The van der Waals surface area contributed by atoms with Gasteiger partial charge in [-0.05, 0) is 49.9 Å². The number of aromatic carboxylic acids is 1. The van der Waals surface area contributed by atoms with Crippen LogP contribution in [0.1, 0.15) is 34.3 Å². The Morgan fingerprint density at radius 3 is 2.35 bits per heavy atom. The summed E-state index contributed by atoms with van der Waals surface area (Å²) >= 11 is 0. The monoisotopic (exact) mass is 298 g/mol. The molecule has 0 spiro atoms. The zero-order chi connectivity index (χ0) is 14.9. The van der Waals surface area contributed by atoms with Crippen LogP contribution in [0, 0.1) is 13.8 Å². The quantitative estimate of drug-likeness (QED) is 0.886. The smallest absolute Gasteiger partial charge is 0.335 e. The molecule has 0 radical (unpaired) electrons. The van der Waals surface area contributed by atoms with Crippen LogP contribution in [0.4, 0.5) is 5.69 Å². The number of anilines is 1. The Hall–Kier alpha value is -1.60. The van der Waals surface area contributed by atoms with Crippen LogP contribution in [0.2, 0.25) is 0 Å². The Labute approximate surface area is 118 Å². The molecule has 0 aromatic heterocycles. The topological polar surface area (TPSA) is 86.7 Å². The Kier molecular flexibility index (Phi) is 4.01. The molecule has 1 aliphatic rings. The SMILES string of the molecule is Cc1c(NS(=O)(=O)N2CCCC2)ccc(C(=O)O)c1C. The summed E-state index contributed by atoms with van der Waals surface area (Å²) in [5.74, 6) is -1.01. The number of benzene rings is 1. The van der Waals surface area contributed by atoms with Gasteiger partial charge in [-0.15, -0.1) is 0 Å². The van der Waals surface area contributed by atoms with E-state index in [2.05, 4.69) is 4.72 Å². The van der Waals surface area contributed by atoms with E-state index in [4.69, 9.17) is 5.11 Å². The summed E-state index contributed by atoms with van der Waals surface area (Å²) < 4.78 is 28.3. The molecule has 6 nitrogen and oxygen atoms in total. The predicted molar refractivity (Wildman–Crippen MR) is 76.2 cm³/mol. The van der Waals surface area contributed by atoms with Gasteiger partial charge in [-0.2, -0.15) is 12.7 Å². The van der Waals surface area contributed by atoms with Crippen LogP contribution < -0.4 is 4.72 Å². The Morgan fingerprint density at radius 2 is 1.80 bits per heavy atom. The Morgan fingerprint density at radius 1 is 1.20 bits per heavy atom. The van der Waals surface area contributed by atoms with Gasteiger partial charge in [0.1, 0.15) is 0 Å². The normalized spacial score (nSPS) is 16.3. The van der Waals surface area contributed by atoms with Gasteiger partial charge in [0.15, 0.2) is 0 Å². The lowest BCUT2D eigenvalue weighted by molar-refractivity contribution is 0.0696. The molecule has 2 rings (SSSR count). The van der Waals surface area contributed by atoms with E-state index in [-0.39, 0.29) is 5.56 Å². The van der Waals surface area contributed by atoms with Crippen LogP contribution >= 0.6 is 0 Å². The fraction of sp³-hybridized carbons (Fsp3) is 0.462. The highest BCUT2D eigenvalue weighted by atomic mass is 32.2. The molecule has 1 aromatic carbocycles. The number of carboxylic acids is 1. The lowest BCUT2D eigenvalue weighted by atomic mass is 10.0. The standard InChI is InChI=1S/C13H18N2O4S/c1-9-10(2)12(6-5-11(9)13(16)17)14-20(18,19)15-7-3-4-8-15/h5-6,14H,3-4,7-8H2,1-2H3,(H,16,17). The third kappa shape index (κ3) is 2.78. The van der Waals surface area contributed by atoms with Gasteiger partial charge in [0.05, 0.1) is 11.3 Å². The van der Waals surface area contributed by atoms with Crippen LogP contribution in [0.15, 0.2) is 12.1 Å². The van der Waals surface area contributed by atoms with Crippen molar-refractivity contribution in [2.45, 2.75) is 26.7 Å². The summed E-state index contributed by atoms with van der Waals surface area (Å²) in [7, 11) is -3.55. The molecule has 2 N–H and O–H groups in total. The molecule has 1 heterocycles. The van der Waals surface area contributed by atoms with Gasteiger partial charge in [-0.25, -0.2) is 4.79 Å². The van der Waals surface area contributed by atoms with Crippen molar-refractivity contribution in [1.82, 2.24) is 4.31 Å². The third-order valence-corrected chi connectivity index (χ3v) is 5.18. The fourth-order valence-corrected chi connectivity index (χ4v) is 3.66. The minimum Gasteiger partial charge on any atom is -0.478 e. The summed E-state index contributed by atoms with van der Waals surface area (Å²) in [4.78, 5) is 11.0. The molecule has 0 aliphatic carbocycles. The first-order valence-corrected chi connectivity index (χ1v) is 7.88. The van der Waals surface area contributed by atoms with E-state index in [0.717, 1.165) is 12.8 Å². The number of hydrogen-bond acceptors (Lipinski definition) is 3. The third-order valence-electron chi connectivity index (χ3n) is 3.66. The zero-order valence-corrected chi connectivity index (χ0v) is 12.3. The summed E-state index contributed by atoms with van der Waals surface area (Å²) in [6, 6.07) is 2.92. The van der Waals surface area contributed by atoms with Crippen molar-refractivity contribution in [3.8, 4) is 0 Å². The largest absolute Gasteiger partial charge is 0.478 e. The average molecular weight is 298 g/mol. The second kappa shape index (κ2) is 5.41. The van der Waals surface area contributed by atoms with Gasteiger partial charge >= 0.3 is 16.2 Å². The first kappa shape index (κ1) is 14.8. The molecule has 1 aliphatic heterocycles. The van der Waals surface area contributed by atoms with Gasteiger partial charge in [0.25, 0.3) is 0 Å². The number of rotatable bonds is 4. The minimum absolute atomic E-state index is 0.187. The minimum atomic E-state index is -3.55. The maximum atomic E-state index is 12.2. The molecule has 1 fully saturated rings. The van der Waals surface area contributed by atoms with Crippen LogP contribution in [-0.4, -0.2) is 36.9 Å². The molecule has 0 saturated carbocycles. The number of nitrogens with one attached hydrogen (secondary N) is 1. The molecule has 0 atom stereocenters. The summed E-state index contributed by atoms with van der Waals surface area (Å²) in [6.45, 7) is 4.44. The summed E-state index contributed by atoms with van der Waals surface area (Å²) in [5, 5.41) is 9.04. The highest BCUT2D eigenvalue weighted by Crippen LogP contribution is 2.24. The first-order valence-electron chi connectivity index (χ1n) is 6.44. The number of hydrogen-bond donors (Lipinski definition) is 2. The molecule has 7 heteroatoms. The molecule has 1 aromatic rings. The van der Waals surface area contributed by atoms with E-state index in [9.17, 15) is 13.2 Å². The highest BCUT2D eigenvalue weighted by molar-refractivity contribution is 7.90. The van der Waals surface area contributed by atoms with Crippen LogP contribution in [0.5, 0.6) is 0 Å². The van der Waals surface area contributed by atoms with Crippen molar-refractivity contribution < 1.29 is 18.3 Å². The molecular weight excluding hydrogens is 280 g/mol. The van der Waals surface area contributed by atoms with Crippen molar-refractivity contribution >= 4 is 21.9 Å². The first-order chi connectivity index (χ1) is 9.33.